The normalized spacial score (nSPS) is 13.1. The minimum absolute atomic E-state index is 0.193. The summed E-state index contributed by atoms with van der Waals surface area (Å²) >= 11 is 4.76. The Morgan fingerprint density at radius 3 is 3.00 bits per heavy atom. The maximum atomic E-state index is 5.94. The predicted molar refractivity (Wildman–Crippen MR) is 54.6 cm³/mol. The van der Waals surface area contributed by atoms with Crippen molar-refractivity contribution < 1.29 is 4.42 Å². The summed E-state index contributed by atoms with van der Waals surface area (Å²) in [6.07, 6.45) is 1.63. The lowest BCUT2D eigenvalue weighted by Crippen LogP contribution is -2.10. The summed E-state index contributed by atoms with van der Waals surface area (Å²) in [6.45, 7) is 0. The molecule has 13 heavy (non-hydrogen) atoms. The monoisotopic (exact) mass is 258 g/mol. The molecule has 0 fully saturated rings. The number of nitrogens with zero attached hydrogens (tertiary/aromatic N) is 1. The van der Waals surface area contributed by atoms with Crippen LogP contribution in [0.15, 0.2) is 32.3 Å². The summed E-state index contributed by atoms with van der Waals surface area (Å²) in [5.41, 5.74) is 9.51. The van der Waals surface area contributed by atoms with Crippen LogP contribution < -0.4 is 5.73 Å². The molecule has 0 saturated heterocycles. The average Bonchev–Trinajstić information content (AvgIpc) is 2.72. The predicted octanol–water partition coefficient (Wildman–Crippen LogP) is 2.55. The van der Waals surface area contributed by atoms with Crippen LogP contribution in [0.3, 0.4) is 0 Å². The van der Waals surface area contributed by atoms with Gasteiger partial charge in [0, 0.05) is 10.9 Å². The van der Waals surface area contributed by atoms with Gasteiger partial charge in [-0.05, 0) is 22.0 Å². The van der Waals surface area contributed by atoms with Crippen LogP contribution in [0.1, 0.15) is 17.3 Å². The molecule has 0 amide bonds. The average molecular weight is 259 g/mol. The van der Waals surface area contributed by atoms with Crippen molar-refractivity contribution in [1.29, 1.82) is 0 Å². The Labute approximate surface area is 87.7 Å². The van der Waals surface area contributed by atoms with E-state index in [1.165, 1.54) is 11.3 Å². The second kappa shape index (κ2) is 3.61. The molecule has 68 valence electrons. The number of aromatic nitrogens is 1. The van der Waals surface area contributed by atoms with E-state index < -0.39 is 0 Å². The second-order valence-electron chi connectivity index (χ2n) is 2.58. The van der Waals surface area contributed by atoms with Crippen LogP contribution in [0.25, 0.3) is 0 Å². The van der Waals surface area contributed by atoms with Crippen molar-refractivity contribution in [3.63, 3.8) is 0 Å². The van der Waals surface area contributed by atoms with E-state index in [4.69, 9.17) is 10.2 Å². The maximum absolute atomic E-state index is 5.94. The molecule has 1 atom stereocenters. The summed E-state index contributed by atoms with van der Waals surface area (Å²) < 4.78 is 5.78. The number of hydrogen-bond donors (Lipinski definition) is 1. The summed E-state index contributed by atoms with van der Waals surface area (Å²) in [5, 5.41) is 1.94. The highest BCUT2D eigenvalue weighted by molar-refractivity contribution is 9.10. The van der Waals surface area contributed by atoms with Crippen molar-refractivity contribution in [2.24, 2.45) is 5.73 Å². The lowest BCUT2D eigenvalue weighted by atomic mass is 10.1. The summed E-state index contributed by atoms with van der Waals surface area (Å²) in [4.78, 5) is 4.14. The molecular weight excluding hydrogens is 252 g/mol. The highest BCUT2D eigenvalue weighted by Gasteiger charge is 2.12. The second-order valence-corrected chi connectivity index (χ2v) is 4.08. The zero-order chi connectivity index (χ0) is 9.26. The fourth-order valence-corrected chi connectivity index (χ4v) is 1.98. The van der Waals surface area contributed by atoms with Crippen molar-refractivity contribution in [2.45, 2.75) is 6.04 Å². The zero-order valence-corrected chi connectivity index (χ0v) is 9.01. The number of nitrogens with two attached hydrogens (primary N) is 1. The van der Waals surface area contributed by atoms with Gasteiger partial charge in [-0.3, -0.25) is 0 Å². The van der Waals surface area contributed by atoms with Crippen LogP contribution in [0.2, 0.25) is 0 Å². The summed E-state index contributed by atoms with van der Waals surface area (Å²) in [6, 6.07) is 1.66. The minimum atomic E-state index is -0.193. The van der Waals surface area contributed by atoms with Crippen molar-refractivity contribution in [3.05, 3.63) is 39.1 Å². The third kappa shape index (κ3) is 1.82. The van der Waals surface area contributed by atoms with E-state index in [1.807, 2.05) is 11.4 Å². The molecule has 0 aromatic carbocycles. The molecule has 0 saturated carbocycles. The Bertz CT molecular complexity index is 385. The molecule has 0 radical (unpaired) electrons. The van der Waals surface area contributed by atoms with Gasteiger partial charge in [-0.2, -0.15) is 0 Å². The van der Waals surface area contributed by atoms with Crippen LogP contribution in [0, 0.1) is 0 Å². The van der Waals surface area contributed by atoms with E-state index in [0.717, 1.165) is 11.3 Å². The fourth-order valence-electron chi connectivity index (χ4n) is 1.03. The van der Waals surface area contributed by atoms with Crippen molar-refractivity contribution in [1.82, 2.24) is 4.98 Å². The Kier molecular flexibility index (Phi) is 2.48. The zero-order valence-electron chi connectivity index (χ0n) is 6.61. The van der Waals surface area contributed by atoms with Crippen LogP contribution >= 0.6 is 27.3 Å². The summed E-state index contributed by atoms with van der Waals surface area (Å²) in [7, 11) is 0. The highest BCUT2D eigenvalue weighted by Crippen LogP contribution is 2.23. The highest BCUT2D eigenvalue weighted by atomic mass is 79.9. The smallest absolute Gasteiger partial charge is 0.169 e. The third-order valence-corrected chi connectivity index (χ3v) is 2.74. The van der Waals surface area contributed by atoms with Crippen LogP contribution in [-0.4, -0.2) is 4.98 Å². The molecule has 2 aromatic rings. The SMILES string of the molecule is NC(c1coc(Br)c1)c1cscn1. The number of hydrogen-bond acceptors (Lipinski definition) is 4. The minimum Gasteiger partial charge on any atom is -0.457 e. The van der Waals surface area contributed by atoms with E-state index in [2.05, 4.69) is 20.9 Å². The van der Waals surface area contributed by atoms with E-state index >= 15 is 0 Å². The van der Waals surface area contributed by atoms with Gasteiger partial charge in [-0.1, -0.05) is 0 Å². The molecule has 5 heteroatoms. The Hall–Kier alpha value is -0.650. The number of thiazole rings is 1. The molecule has 1 unspecified atom stereocenters. The molecule has 2 N–H and O–H groups in total. The molecule has 0 aliphatic rings. The van der Waals surface area contributed by atoms with Crippen molar-refractivity contribution >= 4 is 27.3 Å². The van der Waals surface area contributed by atoms with Gasteiger partial charge in [0.05, 0.1) is 23.5 Å². The molecule has 0 aliphatic heterocycles. The first kappa shape index (κ1) is 8.93. The van der Waals surface area contributed by atoms with E-state index in [9.17, 15) is 0 Å². The topological polar surface area (TPSA) is 52.0 Å². The van der Waals surface area contributed by atoms with E-state index in [1.54, 1.807) is 11.8 Å². The fraction of sp³-hybridized carbons (Fsp3) is 0.125. The van der Waals surface area contributed by atoms with Crippen LogP contribution in [0.4, 0.5) is 0 Å². The molecule has 2 heterocycles. The third-order valence-electron chi connectivity index (χ3n) is 1.72. The van der Waals surface area contributed by atoms with Crippen molar-refractivity contribution in [2.75, 3.05) is 0 Å². The maximum Gasteiger partial charge on any atom is 0.169 e. The molecule has 0 aliphatic carbocycles. The van der Waals surface area contributed by atoms with Gasteiger partial charge < -0.3 is 10.2 Å². The van der Waals surface area contributed by atoms with Gasteiger partial charge >= 0.3 is 0 Å². The molecule has 2 aromatic heterocycles. The van der Waals surface area contributed by atoms with Gasteiger partial charge in [-0.15, -0.1) is 11.3 Å². The Morgan fingerprint density at radius 1 is 1.62 bits per heavy atom. The first-order valence-electron chi connectivity index (χ1n) is 3.65. The van der Waals surface area contributed by atoms with Gasteiger partial charge in [0.15, 0.2) is 4.67 Å². The number of halogens is 1. The van der Waals surface area contributed by atoms with Crippen LogP contribution in [0.5, 0.6) is 0 Å². The number of furan rings is 1. The van der Waals surface area contributed by atoms with Gasteiger partial charge in [0.1, 0.15) is 0 Å². The van der Waals surface area contributed by atoms with Gasteiger partial charge in [0.25, 0.3) is 0 Å². The largest absolute Gasteiger partial charge is 0.457 e. The van der Waals surface area contributed by atoms with Crippen molar-refractivity contribution in [3.8, 4) is 0 Å². The summed E-state index contributed by atoms with van der Waals surface area (Å²) in [5.74, 6) is 0. The molecule has 0 spiro atoms. The first-order valence-corrected chi connectivity index (χ1v) is 5.38. The standard InChI is InChI=1S/C8H7BrN2OS/c9-7-1-5(2-12-7)8(10)6-3-13-4-11-6/h1-4,8H,10H2. The number of rotatable bonds is 2. The molecular formula is C8H7BrN2OS. The first-order chi connectivity index (χ1) is 6.27. The molecule has 0 bridgehead atoms. The lowest BCUT2D eigenvalue weighted by molar-refractivity contribution is 0.537. The molecule has 3 nitrogen and oxygen atoms in total. The van der Waals surface area contributed by atoms with Crippen LogP contribution in [-0.2, 0) is 0 Å². The lowest BCUT2D eigenvalue weighted by Gasteiger charge is -2.03. The quantitative estimate of drug-likeness (QED) is 0.901. The Morgan fingerprint density at radius 2 is 2.46 bits per heavy atom. The molecule has 2 rings (SSSR count). The Balaban J connectivity index is 2.28. The van der Waals surface area contributed by atoms with Gasteiger partial charge in [0.2, 0.25) is 0 Å². The van der Waals surface area contributed by atoms with Gasteiger partial charge in [-0.25, -0.2) is 4.98 Å². The van der Waals surface area contributed by atoms with E-state index in [-0.39, 0.29) is 6.04 Å². The van der Waals surface area contributed by atoms with E-state index in [0.29, 0.717) is 4.67 Å².